The Hall–Kier alpha value is -0.580. The number of halogens is 1. The molecule has 1 aliphatic heterocycles. The Balaban J connectivity index is 2.00. The zero-order valence-electron chi connectivity index (χ0n) is 11.1. The molecule has 1 atom stereocenters. The van der Waals surface area contributed by atoms with E-state index in [1.165, 1.54) is 0 Å². The van der Waals surface area contributed by atoms with Crippen molar-refractivity contribution in [3.8, 4) is 5.75 Å². The van der Waals surface area contributed by atoms with Gasteiger partial charge in [0.25, 0.3) is 0 Å². The topological polar surface area (TPSA) is 26.7 Å². The van der Waals surface area contributed by atoms with Crippen molar-refractivity contribution in [3.05, 3.63) is 28.2 Å². The van der Waals surface area contributed by atoms with Crippen molar-refractivity contribution in [1.82, 2.24) is 9.80 Å². The third kappa shape index (κ3) is 3.05. The van der Waals surface area contributed by atoms with Gasteiger partial charge in [-0.1, -0.05) is 19.1 Å². The summed E-state index contributed by atoms with van der Waals surface area (Å²) in [6, 6.07) is 6.44. The van der Waals surface area contributed by atoms with Gasteiger partial charge < -0.3 is 5.11 Å². The number of rotatable bonds is 3. The minimum Gasteiger partial charge on any atom is -0.506 e. The fourth-order valence-electron chi connectivity index (χ4n) is 2.61. The number of para-hydroxylation sites is 1. The van der Waals surface area contributed by atoms with Gasteiger partial charge in [0.05, 0.1) is 4.47 Å². The minimum absolute atomic E-state index is 0.378. The second kappa shape index (κ2) is 6.04. The summed E-state index contributed by atoms with van der Waals surface area (Å²) in [6.07, 6.45) is 0. The van der Waals surface area contributed by atoms with E-state index in [4.69, 9.17) is 0 Å². The number of nitrogens with zero attached hydrogens (tertiary/aromatic N) is 2. The van der Waals surface area contributed by atoms with Crippen LogP contribution in [0, 0.1) is 0 Å². The number of phenols is 1. The zero-order chi connectivity index (χ0) is 13.1. The molecule has 1 heterocycles. The third-order valence-corrected chi connectivity index (χ3v) is 4.36. The summed E-state index contributed by atoms with van der Waals surface area (Å²) < 4.78 is 0.778. The second-order valence-corrected chi connectivity index (χ2v) is 5.81. The molecule has 0 aliphatic carbocycles. The highest BCUT2D eigenvalue weighted by molar-refractivity contribution is 9.10. The Kier molecular flexibility index (Phi) is 4.65. The summed E-state index contributed by atoms with van der Waals surface area (Å²) in [5.74, 6) is 0.378. The largest absolute Gasteiger partial charge is 0.506 e. The van der Waals surface area contributed by atoms with E-state index in [1.807, 2.05) is 18.2 Å². The first-order valence-electron chi connectivity index (χ1n) is 6.54. The van der Waals surface area contributed by atoms with Crippen molar-refractivity contribution in [2.24, 2.45) is 0 Å². The Bertz CT molecular complexity index is 411. The molecule has 0 spiro atoms. The van der Waals surface area contributed by atoms with E-state index in [1.54, 1.807) is 0 Å². The molecule has 1 N–H and O–H groups in total. The highest BCUT2D eigenvalue weighted by atomic mass is 79.9. The van der Waals surface area contributed by atoms with Gasteiger partial charge in [0, 0.05) is 37.8 Å². The average molecular weight is 313 g/mol. The standard InChI is InChI=1S/C14H21BrN2O/c1-3-17-8-7-16(9-11(17)2)10-12-5-4-6-13(15)14(12)18/h4-6,11,18H,3,7-10H2,1-2H3. The van der Waals surface area contributed by atoms with Crippen molar-refractivity contribution in [2.45, 2.75) is 26.4 Å². The van der Waals surface area contributed by atoms with Crippen molar-refractivity contribution in [1.29, 1.82) is 0 Å². The third-order valence-electron chi connectivity index (χ3n) is 3.72. The summed E-state index contributed by atoms with van der Waals surface area (Å²) in [4.78, 5) is 4.91. The number of hydrogen-bond donors (Lipinski definition) is 1. The zero-order valence-corrected chi connectivity index (χ0v) is 12.7. The molecule has 18 heavy (non-hydrogen) atoms. The summed E-state index contributed by atoms with van der Waals surface area (Å²) in [5, 5.41) is 10.0. The average Bonchev–Trinajstić information content (AvgIpc) is 2.35. The lowest BCUT2D eigenvalue weighted by Gasteiger charge is -2.39. The van der Waals surface area contributed by atoms with Gasteiger partial charge in [-0.15, -0.1) is 0 Å². The van der Waals surface area contributed by atoms with Crippen LogP contribution in [0.3, 0.4) is 0 Å². The maximum Gasteiger partial charge on any atom is 0.134 e. The van der Waals surface area contributed by atoms with Crippen LogP contribution < -0.4 is 0 Å². The molecule has 0 saturated carbocycles. The SMILES string of the molecule is CCN1CCN(Cc2cccc(Br)c2O)CC1C. The lowest BCUT2D eigenvalue weighted by Crippen LogP contribution is -2.51. The van der Waals surface area contributed by atoms with E-state index < -0.39 is 0 Å². The number of aromatic hydroxyl groups is 1. The van der Waals surface area contributed by atoms with Crippen LogP contribution in [-0.2, 0) is 6.54 Å². The van der Waals surface area contributed by atoms with E-state index >= 15 is 0 Å². The van der Waals surface area contributed by atoms with Crippen LogP contribution in [-0.4, -0.2) is 47.1 Å². The van der Waals surface area contributed by atoms with Gasteiger partial charge in [-0.2, -0.15) is 0 Å². The van der Waals surface area contributed by atoms with E-state index in [0.717, 1.165) is 42.8 Å². The maximum absolute atomic E-state index is 10.0. The number of hydrogen-bond acceptors (Lipinski definition) is 3. The van der Waals surface area contributed by atoms with Gasteiger partial charge >= 0.3 is 0 Å². The van der Waals surface area contributed by atoms with Crippen LogP contribution in [0.1, 0.15) is 19.4 Å². The first-order chi connectivity index (χ1) is 8.61. The molecule has 1 unspecified atom stereocenters. The number of piperazine rings is 1. The van der Waals surface area contributed by atoms with E-state index in [9.17, 15) is 5.11 Å². The first-order valence-corrected chi connectivity index (χ1v) is 7.34. The summed E-state index contributed by atoms with van der Waals surface area (Å²) in [7, 11) is 0. The molecule has 0 bridgehead atoms. The van der Waals surface area contributed by atoms with Gasteiger partial charge in [0.1, 0.15) is 5.75 Å². The van der Waals surface area contributed by atoms with E-state index in [2.05, 4.69) is 39.6 Å². The van der Waals surface area contributed by atoms with E-state index in [0.29, 0.717) is 11.8 Å². The molecule has 100 valence electrons. The smallest absolute Gasteiger partial charge is 0.134 e. The van der Waals surface area contributed by atoms with Crippen LogP contribution in [0.25, 0.3) is 0 Å². The molecule has 1 fully saturated rings. The molecular formula is C14H21BrN2O. The Morgan fingerprint density at radius 1 is 1.39 bits per heavy atom. The molecule has 1 aromatic rings. The van der Waals surface area contributed by atoms with Gasteiger partial charge in [0.2, 0.25) is 0 Å². The highest BCUT2D eigenvalue weighted by Gasteiger charge is 2.22. The predicted octanol–water partition coefficient (Wildman–Crippen LogP) is 2.68. The normalized spacial score (nSPS) is 22.3. The highest BCUT2D eigenvalue weighted by Crippen LogP contribution is 2.28. The molecule has 0 aromatic heterocycles. The van der Waals surface area contributed by atoms with Crippen LogP contribution in [0.2, 0.25) is 0 Å². The lowest BCUT2D eigenvalue weighted by atomic mass is 10.1. The summed E-state index contributed by atoms with van der Waals surface area (Å²) >= 11 is 3.37. The fourth-order valence-corrected chi connectivity index (χ4v) is 3.02. The predicted molar refractivity (Wildman–Crippen MR) is 77.8 cm³/mol. The number of benzene rings is 1. The molecule has 0 amide bonds. The number of phenolic OH excluding ortho intramolecular Hbond substituents is 1. The summed E-state index contributed by atoms with van der Waals surface area (Å²) in [5.41, 5.74) is 1.00. The van der Waals surface area contributed by atoms with Gasteiger partial charge in [0.15, 0.2) is 0 Å². The molecule has 0 radical (unpaired) electrons. The maximum atomic E-state index is 10.0. The minimum atomic E-state index is 0.378. The molecule has 4 heteroatoms. The van der Waals surface area contributed by atoms with Gasteiger partial charge in [-0.3, -0.25) is 9.80 Å². The van der Waals surface area contributed by atoms with Crippen LogP contribution in [0.15, 0.2) is 22.7 Å². The second-order valence-electron chi connectivity index (χ2n) is 4.96. The molecule has 1 saturated heterocycles. The van der Waals surface area contributed by atoms with Crippen molar-refractivity contribution in [2.75, 3.05) is 26.2 Å². The summed E-state index contributed by atoms with van der Waals surface area (Å²) in [6.45, 7) is 9.70. The first kappa shape index (κ1) is 13.8. The quantitative estimate of drug-likeness (QED) is 0.929. The molecule has 1 aromatic carbocycles. The van der Waals surface area contributed by atoms with Gasteiger partial charge in [-0.05, 0) is 35.5 Å². The van der Waals surface area contributed by atoms with E-state index in [-0.39, 0.29) is 0 Å². The van der Waals surface area contributed by atoms with Crippen LogP contribution in [0.4, 0.5) is 0 Å². The van der Waals surface area contributed by atoms with Crippen molar-refractivity contribution in [3.63, 3.8) is 0 Å². The Morgan fingerprint density at radius 2 is 2.17 bits per heavy atom. The van der Waals surface area contributed by atoms with Crippen molar-refractivity contribution < 1.29 is 5.11 Å². The Morgan fingerprint density at radius 3 is 2.83 bits per heavy atom. The molecular weight excluding hydrogens is 292 g/mol. The monoisotopic (exact) mass is 312 g/mol. The molecule has 1 aliphatic rings. The lowest BCUT2D eigenvalue weighted by molar-refractivity contribution is 0.0829. The number of likely N-dealkylation sites (N-methyl/N-ethyl adjacent to an activating group) is 1. The Labute approximate surface area is 118 Å². The van der Waals surface area contributed by atoms with Crippen LogP contribution in [0.5, 0.6) is 5.75 Å². The van der Waals surface area contributed by atoms with Crippen molar-refractivity contribution >= 4 is 15.9 Å². The molecule has 3 nitrogen and oxygen atoms in total. The van der Waals surface area contributed by atoms with Gasteiger partial charge in [-0.25, -0.2) is 0 Å². The van der Waals surface area contributed by atoms with Crippen LogP contribution >= 0.6 is 15.9 Å². The fraction of sp³-hybridized carbons (Fsp3) is 0.571. The molecule has 2 rings (SSSR count).